The van der Waals surface area contributed by atoms with Gasteiger partial charge in [0.15, 0.2) is 0 Å². The molecule has 4 nitrogen and oxygen atoms in total. The molecule has 0 bridgehead atoms. The molecule has 1 aliphatic carbocycles. The van der Waals surface area contributed by atoms with E-state index in [0.717, 1.165) is 5.56 Å². The molecule has 29 heavy (non-hydrogen) atoms. The second kappa shape index (κ2) is 8.90. The van der Waals surface area contributed by atoms with Gasteiger partial charge >= 0.3 is 5.97 Å². The Kier molecular flexibility index (Phi) is 6.52. The highest BCUT2D eigenvalue weighted by Crippen LogP contribution is 2.60. The van der Waals surface area contributed by atoms with Gasteiger partial charge in [-0.05, 0) is 47.2 Å². The molecule has 0 amide bonds. The van der Waals surface area contributed by atoms with Gasteiger partial charge in [0.2, 0.25) is 0 Å². The number of allylic oxidation sites excluding steroid dienone is 1. The Bertz CT molecular complexity index is 946. The van der Waals surface area contributed by atoms with Crippen LogP contribution < -0.4 is 4.74 Å². The van der Waals surface area contributed by atoms with Crippen molar-refractivity contribution in [2.45, 2.75) is 19.8 Å². The Balaban J connectivity index is 1.64. The van der Waals surface area contributed by atoms with Gasteiger partial charge in [0, 0.05) is 0 Å². The van der Waals surface area contributed by atoms with Crippen molar-refractivity contribution in [3.8, 4) is 17.6 Å². The molecule has 0 aromatic heterocycles. The van der Waals surface area contributed by atoms with Gasteiger partial charge in [-0.2, -0.15) is 5.26 Å². The number of carbonyl (C=O) groups is 1. The minimum Gasteiger partial charge on any atom is -0.464 e. The van der Waals surface area contributed by atoms with Crippen LogP contribution in [-0.2, 0) is 9.53 Å². The lowest BCUT2D eigenvalue weighted by molar-refractivity contribution is -0.146. The number of hydrogen-bond donors (Lipinski definition) is 0. The van der Waals surface area contributed by atoms with Crippen LogP contribution in [0.25, 0.3) is 0 Å². The lowest BCUT2D eigenvalue weighted by atomic mass is 10.0. The van der Waals surface area contributed by atoms with Crippen molar-refractivity contribution in [1.82, 2.24) is 0 Å². The van der Waals surface area contributed by atoms with Gasteiger partial charge in [0.1, 0.15) is 28.5 Å². The Morgan fingerprint density at radius 3 is 2.52 bits per heavy atom. The maximum atomic E-state index is 12.5. The number of esters is 1. The molecule has 6 heteroatoms. The van der Waals surface area contributed by atoms with Crippen molar-refractivity contribution in [1.29, 1.82) is 5.26 Å². The van der Waals surface area contributed by atoms with Crippen LogP contribution in [0.3, 0.4) is 0 Å². The maximum absolute atomic E-state index is 12.5. The summed E-state index contributed by atoms with van der Waals surface area (Å²) in [6.07, 6.45) is 1.67. The molecule has 0 heterocycles. The fourth-order valence-electron chi connectivity index (χ4n) is 3.46. The number of carbonyl (C=O) groups excluding carboxylic acids is 1. The van der Waals surface area contributed by atoms with Crippen LogP contribution >= 0.6 is 23.2 Å². The van der Waals surface area contributed by atoms with Crippen LogP contribution in [0.15, 0.2) is 65.2 Å². The summed E-state index contributed by atoms with van der Waals surface area (Å²) >= 11 is 11.5. The molecule has 0 N–H and O–H groups in total. The molecule has 3 unspecified atom stereocenters. The third kappa shape index (κ3) is 5.12. The number of benzene rings is 2. The zero-order valence-electron chi connectivity index (χ0n) is 16.1. The molecular weight excluding hydrogens is 409 g/mol. The zero-order chi connectivity index (χ0) is 21.0. The number of ether oxygens (including phenoxy) is 2. The summed E-state index contributed by atoms with van der Waals surface area (Å²) in [6.45, 7) is 3.90. The van der Waals surface area contributed by atoms with Crippen LogP contribution in [0.4, 0.5) is 0 Å². The molecule has 3 rings (SSSR count). The first-order valence-corrected chi connectivity index (χ1v) is 10.0. The van der Waals surface area contributed by atoms with Gasteiger partial charge in [0.05, 0.1) is 12.0 Å². The van der Waals surface area contributed by atoms with E-state index < -0.39 is 5.92 Å². The maximum Gasteiger partial charge on any atom is 0.310 e. The zero-order valence-corrected chi connectivity index (χ0v) is 17.7. The molecule has 150 valence electrons. The van der Waals surface area contributed by atoms with Gasteiger partial charge < -0.3 is 9.47 Å². The molecule has 0 spiro atoms. The lowest BCUT2D eigenvalue weighted by Gasteiger charge is -2.13. The van der Waals surface area contributed by atoms with Crippen LogP contribution in [0.2, 0.25) is 0 Å². The molecule has 2 aromatic carbocycles. The van der Waals surface area contributed by atoms with Crippen molar-refractivity contribution >= 4 is 29.2 Å². The number of rotatable bonds is 7. The Morgan fingerprint density at radius 2 is 1.86 bits per heavy atom. The quantitative estimate of drug-likeness (QED) is 0.490. The molecule has 0 saturated heterocycles. The van der Waals surface area contributed by atoms with E-state index in [1.165, 1.54) is 0 Å². The SMILES string of the molecule is CC1(C)C(C=C(Cl)Cl)C1C(=O)OCC(C#N)c1cccc(Oc2ccccc2)c1. The second-order valence-corrected chi connectivity index (χ2v) is 8.59. The monoisotopic (exact) mass is 429 g/mol. The van der Waals surface area contributed by atoms with Crippen molar-refractivity contribution in [3.05, 3.63) is 70.7 Å². The van der Waals surface area contributed by atoms with Crippen molar-refractivity contribution < 1.29 is 14.3 Å². The molecule has 1 aliphatic rings. The predicted molar refractivity (Wildman–Crippen MR) is 113 cm³/mol. The highest BCUT2D eigenvalue weighted by atomic mass is 35.5. The average molecular weight is 430 g/mol. The van der Waals surface area contributed by atoms with Crippen LogP contribution in [0.1, 0.15) is 25.3 Å². The minimum atomic E-state index is -0.592. The highest BCUT2D eigenvalue weighted by Gasteiger charge is 2.61. The number of halogens is 2. The fourth-order valence-corrected chi connectivity index (χ4v) is 3.73. The molecule has 1 fully saturated rings. The fraction of sp³-hybridized carbons (Fsp3) is 0.304. The average Bonchev–Trinajstić information content (AvgIpc) is 3.22. The number of nitrogens with zero attached hydrogens (tertiary/aromatic N) is 1. The van der Waals surface area contributed by atoms with Crippen LogP contribution in [0.5, 0.6) is 11.5 Å². The normalized spacial score (nSPS) is 20.1. The third-order valence-corrected chi connectivity index (χ3v) is 5.51. The summed E-state index contributed by atoms with van der Waals surface area (Å²) in [6, 6.07) is 18.8. The molecule has 2 aromatic rings. The van der Waals surface area contributed by atoms with Crippen molar-refractivity contribution in [2.75, 3.05) is 6.61 Å². The Labute approximate surface area is 180 Å². The van der Waals surface area contributed by atoms with E-state index in [1.807, 2.05) is 62.4 Å². The third-order valence-electron chi connectivity index (χ3n) is 5.26. The standard InChI is InChI=1S/C23H21Cl2NO3/c1-23(2)19(12-20(24)25)21(23)22(27)28-14-16(13-26)15-7-6-10-18(11-15)29-17-8-4-3-5-9-17/h3-12,16,19,21H,14H2,1-2H3. The molecule has 0 aliphatic heterocycles. The number of hydrogen-bond acceptors (Lipinski definition) is 4. The molecule has 1 saturated carbocycles. The minimum absolute atomic E-state index is 0.0260. The largest absolute Gasteiger partial charge is 0.464 e. The summed E-state index contributed by atoms with van der Waals surface area (Å²) in [5, 5.41) is 9.57. The van der Waals surface area contributed by atoms with E-state index >= 15 is 0 Å². The lowest BCUT2D eigenvalue weighted by Crippen LogP contribution is -2.15. The summed E-state index contributed by atoms with van der Waals surface area (Å²) in [5.74, 6) is 0.00176. The Hall–Kier alpha value is -2.48. The first-order valence-electron chi connectivity index (χ1n) is 9.25. The van der Waals surface area contributed by atoms with Crippen molar-refractivity contribution in [3.63, 3.8) is 0 Å². The van der Waals surface area contributed by atoms with Gasteiger partial charge in [-0.15, -0.1) is 0 Å². The van der Waals surface area contributed by atoms with Gasteiger partial charge in [-0.25, -0.2) is 0 Å². The van der Waals surface area contributed by atoms with Gasteiger partial charge in [0.25, 0.3) is 0 Å². The number of para-hydroxylation sites is 1. The van der Waals surface area contributed by atoms with E-state index in [2.05, 4.69) is 6.07 Å². The first kappa shape index (κ1) is 21.2. The van der Waals surface area contributed by atoms with E-state index in [1.54, 1.807) is 12.1 Å². The van der Waals surface area contributed by atoms with Gasteiger partial charge in [-0.3, -0.25) is 4.79 Å². The van der Waals surface area contributed by atoms with Crippen LogP contribution in [-0.4, -0.2) is 12.6 Å². The highest BCUT2D eigenvalue weighted by molar-refractivity contribution is 6.55. The topological polar surface area (TPSA) is 59.3 Å². The van der Waals surface area contributed by atoms with Crippen LogP contribution in [0, 0.1) is 28.6 Å². The summed E-state index contributed by atoms with van der Waals surface area (Å²) in [7, 11) is 0. The van der Waals surface area contributed by atoms with Crippen molar-refractivity contribution in [2.24, 2.45) is 17.3 Å². The summed E-state index contributed by atoms with van der Waals surface area (Å²) < 4.78 is 11.4. The van der Waals surface area contributed by atoms with E-state index in [-0.39, 0.29) is 34.3 Å². The van der Waals surface area contributed by atoms with E-state index in [0.29, 0.717) is 11.5 Å². The van der Waals surface area contributed by atoms with Gasteiger partial charge in [-0.1, -0.05) is 67.4 Å². The smallest absolute Gasteiger partial charge is 0.310 e. The number of nitriles is 1. The predicted octanol–water partition coefficient (Wildman–Crippen LogP) is 6.22. The molecule has 0 radical (unpaired) electrons. The second-order valence-electron chi connectivity index (χ2n) is 7.58. The van der Waals surface area contributed by atoms with E-state index in [4.69, 9.17) is 32.7 Å². The summed E-state index contributed by atoms with van der Waals surface area (Å²) in [4.78, 5) is 12.5. The first-order chi connectivity index (χ1) is 13.8. The molecular formula is C23H21Cl2NO3. The summed E-state index contributed by atoms with van der Waals surface area (Å²) in [5.41, 5.74) is 0.460. The molecule has 3 atom stereocenters. The Morgan fingerprint density at radius 1 is 1.17 bits per heavy atom. The van der Waals surface area contributed by atoms with E-state index in [9.17, 15) is 10.1 Å².